The molecule has 3 aromatic rings. The topological polar surface area (TPSA) is 56.2 Å². The number of hydrogen-bond acceptors (Lipinski definition) is 3. The summed E-state index contributed by atoms with van der Waals surface area (Å²) < 4.78 is 11.9. The van der Waals surface area contributed by atoms with Gasteiger partial charge in [-0.2, -0.15) is 0 Å². The van der Waals surface area contributed by atoms with Crippen LogP contribution in [0.2, 0.25) is 0 Å². The number of ether oxygens (including phenoxy) is 2. The van der Waals surface area contributed by atoms with Crippen LogP contribution in [0.4, 0.5) is 0 Å². The van der Waals surface area contributed by atoms with Crippen LogP contribution in [-0.4, -0.2) is 24.0 Å². The molecule has 1 aromatic heterocycles. The number of aromatic amines is 1. The number of rotatable bonds is 4. The minimum atomic E-state index is -0.143. The summed E-state index contributed by atoms with van der Waals surface area (Å²) in [4.78, 5) is 12.3. The minimum Gasteiger partial charge on any atom is -0.497 e. The molecule has 22 heavy (non-hydrogen) atoms. The van der Waals surface area contributed by atoms with Gasteiger partial charge in [0.2, 0.25) is 0 Å². The zero-order valence-corrected chi connectivity index (χ0v) is 12.4. The van der Waals surface area contributed by atoms with Crippen LogP contribution in [-0.2, 0) is 0 Å². The first kappa shape index (κ1) is 14.0. The number of nitrogens with one attached hydrogen (secondary N) is 1. The fraction of sp³-hybridized carbons (Fsp3) is 0.118. The molecular weight excluding hydrogens is 280 g/mol. The normalized spacial score (nSPS) is 10.5. The number of para-hydroxylation sites is 2. The van der Waals surface area contributed by atoms with Gasteiger partial charge in [0.15, 0.2) is 0 Å². The maximum Gasteiger partial charge on any atom is 0.271 e. The van der Waals surface area contributed by atoms with Crippen LogP contribution < -0.4 is 15.0 Å². The van der Waals surface area contributed by atoms with E-state index in [0.29, 0.717) is 11.4 Å². The lowest BCUT2D eigenvalue weighted by Crippen LogP contribution is -2.14. The van der Waals surface area contributed by atoms with Crippen molar-refractivity contribution < 1.29 is 9.47 Å². The Kier molecular flexibility index (Phi) is 3.70. The fourth-order valence-electron chi connectivity index (χ4n) is 2.31. The van der Waals surface area contributed by atoms with Crippen molar-refractivity contribution >= 4 is 0 Å². The minimum absolute atomic E-state index is 0.143. The Hall–Kier alpha value is -2.95. The molecule has 0 bridgehead atoms. The Labute approximate surface area is 127 Å². The second-order valence-corrected chi connectivity index (χ2v) is 4.74. The Morgan fingerprint density at radius 3 is 2.36 bits per heavy atom. The molecule has 0 amide bonds. The van der Waals surface area contributed by atoms with Crippen molar-refractivity contribution in [1.82, 2.24) is 9.78 Å². The van der Waals surface area contributed by atoms with Gasteiger partial charge in [0, 0.05) is 6.07 Å². The van der Waals surface area contributed by atoms with Crippen molar-refractivity contribution in [2.45, 2.75) is 0 Å². The molecule has 0 unspecified atom stereocenters. The molecule has 3 rings (SSSR count). The van der Waals surface area contributed by atoms with Crippen LogP contribution in [0.5, 0.6) is 11.5 Å². The number of aromatic nitrogens is 2. The maximum absolute atomic E-state index is 12.3. The SMILES string of the molecule is COc1ccc(-c2cc(=O)n(-c3ccccc3OC)[nH]2)cc1. The monoisotopic (exact) mass is 296 g/mol. The second kappa shape index (κ2) is 5.81. The van der Waals surface area contributed by atoms with Crippen LogP contribution in [0.3, 0.4) is 0 Å². The Morgan fingerprint density at radius 2 is 1.68 bits per heavy atom. The van der Waals surface area contributed by atoms with Gasteiger partial charge in [-0.05, 0) is 42.0 Å². The van der Waals surface area contributed by atoms with E-state index in [-0.39, 0.29) is 5.56 Å². The molecule has 0 saturated heterocycles. The van der Waals surface area contributed by atoms with E-state index in [2.05, 4.69) is 5.10 Å². The molecule has 1 heterocycles. The predicted octanol–water partition coefficient (Wildman–Crippen LogP) is 2.85. The van der Waals surface area contributed by atoms with Gasteiger partial charge in [0.05, 0.1) is 19.9 Å². The molecule has 0 aliphatic carbocycles. The molecule has 0 saturated carbocycles. The Balaban J connectivity index is 2.05. The van der Waals surface area contributed by atoms with Crippen LogP contribution >= 0.6 is 0 Å². The summed E-state index contributed by atoms with van der Waals surface area (Å²) in [5.74, 6) is 1.41. The van der Waals surface area contributed by atoms with E-state index in [1.807, 2.05) is 48.5 Å². The standard InChI is InChI=1S/C17H16N2O3/c1-21-13-9-7-12(8-10-13)14-11-17(20)19(18-14)15-5-3-4-6-16(15)22-2/h3-11,18H,1-2H3. The zero-order chi connectivity index (χ0) is 15.5. The van der Waals surface area contributed by atoms with Crippen molar-refractivity contribution in [3.8, 4) is 28.4 Å². The third kappa shape index (κ3) is 2.48. The van der Waals surface area contributed by atoms with Gasteiger partial charge in [-0.15, -0.1) is 0 Å². The quantitative estimate of drug-likeness (QED) is 0.805. The average molecular weight is 296 g/mol. The number of hydrogen-bond donors (Lipinski definition) is 1. The lowest BCUT2D eigenvalue weighted by Gasteiger charge is -2.08. The van der Waals surface area contributed by atoms with E-state index >= 15 is 0 Å². The summed E-state index contributed by atoms with van der Waals surface area (Å²) in [6, 6.07) is 16.4. The van der Waals surface area contributed by atoms with Gasteiger partial charge < -0.3 is 9.47 Å². The predicted molar refractivity (Wildman–Crippen MR) is 84.9 cm³/mol. The molecule has 5 nitrogen and oxygen atoms in total. The molecule has 0 aliphatic heterocycles. The largest absolute Gasteiger partial charge is 0.497 e. The van der Waals surface area contributed by atoms with Crippen molar-refractivity contribution in [2.75, 3.05) is 14.2 Å². The smallest absolute Gasteiger partial charge is 0.271 e. The highest BCUT2D eigenvalue weighted by Crippen LogP contribution is 2.23. The Morgan fingerprint density at radius 1 is 0.955 bits per heavy atom. The lowest BCUT2D eigenvalue weighted by molar-refractivity contribution is 0.411. The first-order valence-corrected chi connectivity index (χ1v) is 6.83. The third-order valence-electron chi connectivity index (χ3n) is 3.45. The van der Waals surface area contributed by atoms with E-state index in [1.165, 1.54) is 4.68 Å². The van der Waals surface area contributed by atoms with E-state index in [0.717, 1.165) is 17.0 Å². The Bertz CT molecular complexity index is 832. The second-order valence-electron chi connectivity index (χ2n) is 4.74. The van der Waals surface area contributed by atoms with Crippen LogP contribution in [0.25, 0.3) is 16.9 Å². The average Bonchev–Trinajstić information content (AvgIpc) is 2.96. The first-order valence-electron chi connectivity index (χ1n) is 6.83. The number of H-pyrrole nitrogens is 1. The maximum atomic E-state index is 12.3. The van der Waals surface area contributed by atoms with Crippen molar-refractivity contribution in [3.05, 3.63) is 65.0 Å². The highest BCUT2D eigenvalue weighted by Gasteiger charge is 2.10. The third-order valence-corrected chi connectivity index (χ3v) is 3.45. The van der Waals surface area contributed by atoms with Gasteiger partial charge in [-0.3, -0.25) is 9.89 Å². The van der Waals surface area contributed by atoms with E-state index in [9.17, 15) is 4.79 Å². The fourth-order valence-corrected chi connectivity index (χ4v) is 2.31. The summed E-state index contributed by atoms with van der Waals surface area (Å²) in [5.41, 5.74) is 2.18. The van der Waals surface area contributed by atoms with E-state index < -0.39 is 0 Å². The molecule has 0 aliphatic rings. The molecule has 2 aromatic carbocycles. The van der Waals surface area contributed by atoms with Gasteiger partial charge in [0.1, 0.15) is 17.2 Å². The summed E-state index contributed by atoms with van der Waals surface area (Å²) in [7, 11) is 3.20. The summed E-state index contributed by atoms with van der Waals surface area (Å²) >= 11 is 0. The van der Waals surface area contributed by atoms with Crippen molar-refractivity contribution in [2.24, 2.45) is 0 Å². The highest BCUT2D eigenvalue weighted by molar-refractivity contribution is 5.60. The van der Waals surface area contributed by atoms with Gasteiger partial charge in [-0.25, -0.2) is 4.68 Å². The number of benzene rings is 2. The van der Waals surface area contributed by atoms with Gasteiger partial charge in [0.25, 0.3) is 5.56 Å². The molecule has 5 heteroatoms. The molecular formula is C17H16N2O3. The zero-order valence-electron chi connectivity index (χ0n) is 12.4. The highest BCUT2D eigenvalue weighted by atomic mass is 16.5. The molecule has 0 fully saturated rings. The van der Waals surface area contributed by atoms with Gasteiger partial charge in [-0.1, -0.05) is 12.1 Å². The first-order chi connectivity index (χ1) is 10.7. The summed E-state index contributed by atoms with van der Waals surface area (Å²) in [6.07, 6.45) is 0. The molecule has 1 N–H and O–H groups in total. The van der Waals surface area contributed by atoms with Crippen LogP contribution in [0.15, 0.2) is 59.4 Å². The molecule has 0 spiro atoms. The van der Waals surface area contributed by atoms with Gasteiger partial charge >= 0.3 is 0 Å². The summed E-state index contributed by atoms with van der Waals surface area (Å²) in [6.45, 7) is 0. The number of methoxy groups -OCH3 is 2. The van der Waals surface area contributed by atoms with Crippen molar-refractivity contribution in [3.63, 3.8) is 0 Å². The number of nitrogens with zero attached hydrogens (tertiary/aromatic N) is 1. The summed E-state index contributed by atoms with van der Waals surface area (Å²) in [5, 5.41) is 3.11. The van der Waals surface area contributed by atoms with Crippen LogP contribution in [0.1, 0.15) is 0 Å². The molecule has 112 valence electrons. The van der Waals surface area contributed by atoms with E-state index in [4.69, 9.17) is 9.47 Å². The van der Waals surface area contributed by atoms with E-state index in [1.54, 1.807) is 20.3 Å². The molecule has 0 atom stereocenters. The van der Waals surface area contributed by atoms with Crippen molar-refractivity contribution in [1.29, 1.82) is 0 Å². The lowest BCUT2D eigenvalue weighted by atomic mass is 10.1. The molecule has 0 radical (unpaired) electrons. The van der Waals surface area contributed by atoms with Crippen LogP contribution in [0, 0.1) is 0 Å².